The van der Waals surface area contributed by atoms with Gasteiger partial charge in [0.05, 0.1) is 25.4 Å². The maximum absolute atomic E-state index is 15.0. The lowest BCUT2D eigenvalue weighted by atomic mass is 9.79. The highest BCUT2D eigenvalue weighted by Crippen LogP contribution is 2.40. The van der Waals surface area contributed by atoms with Gasteiger partial charge in [0.1, 0.15) is 11.6 Å². The maximum atomic E-state index is 15.0. The Bertz CT molecular complexity index is 932. The van der Waals surface area contributed by atoms with Gasteiger partial charge in [0.15, 0.2) is 11.6 Å². The molecule has 0 bridgehead atoms. The van der Waals surface area contributed by atoms with E-state index >= 15 is 0 Å². The molecule has 0 heterocycles. The molecule has 0 unspecified atom stereocenters. The molecule has 0 aliphatic heterocycles. The van der Waals surface area contributed by atoms with Gasteiger partial charge in [0.2, 0.25) is 0 Å². The molecule has 0 atom stereocenters. The highest BCUT2D eigenvalue weighted by atomic mass is 19.2. The summed E-state index contributed by atoms with van der Waals surface area (Å²) in [6.45, 7) is 2.51. The number of rotatable bonds is 7. The molecule has 4 rings (SSSR count). The van der Waals surface area contributed by atoms with E-state index in [0.717, 1.165) is 12.8 Å². The number of aliphatic hydroxyl groups is 1. The molecule has 2 aliphatic carbocycles. The first-order valence-electron chi connectivity index (χ1n) is 12.1. The SMILES string of the molecule is CCOc1ccc(COC2CCC(c3ccc(C4CCC(O)CC4)c(F)c3F)CC2)c(F)c1. The van der Waals surface area contributed by atoms with E-state index in [9.17, 15) is 18.3 Å². The first-order valence-corrected chi connectivity index (χ1v) is 12.1. The molecule has 0 aromatic heterocycles. The third-order valence-corrected chi connectivity index (χ3v) is 7.20. The number of halogens is 3. The molecule has 2 fully saturated rings. The Hall–Kier alpha value is -2.05. The Kier molecular flexibility index (Phi) is 7.97. The minimum absolute atomic E-state index is 0.0203. The molecule has 1 N–H and O–H groups in total. The molecule has 0 saturated heterocycles. The summed E-state index contributed by atoms with van der Waals surface area (Å²) in [5.41, 5.74) is 1.38. The van der Waals surface area contributed by atoms with Crippen molar-refractivity contribution >= 4 is 0 Å². The van der Waals surface area contributed by atoms with E-state index in [1.54, 1.807) is 24.3 Å². The van der Waals surface area contributed by atoms with Gasteiger partial charge in [-0.2, -0.15) is 0 Å². The van der Waals surface area contributed by atoms with Crippen LogP contribution in [0.3, 0.4) is 0 Å². The fraction of sp³-hybridized carbons (Fsp3) is 0.556. The molecule has 0 amide bonds. The molecule has 0 spiro atoms. The van der Waals surface area contributed by atoms with Crippen LogP contribution in [-0.2, 0) is 11.3 Å². The Morgan fingerprint density at radius 1 is 0.818 bits per heavy atom. The highest BCUT2D eigenvalue weighted by molar-refractivity contribution is 5.32. The van der Waals surface area contributed by atoms with E-state index < -0.39 is 11.6 Å². The zero-order valence-electron chi connectivity index (χ0n) is 19.2. The fourth-order valence-electron chi connectivity index (χ4n) is 5.25. The second kappa shape index (κ2) is 10.9. The van der Waals surface area contributed by atoms with E-state index in [2.05, 4.69) is 0 Å². The van der Waals surface area contributed by atoms with Crippen molar-refractivity contribution in [3.8, 4) is 5.75 Å². The first-order chi connectivity index (χ1) is 16.0. The lowest BCUT2D eigenvalue weighted by Gasteiger charge is -2.30. The molecule has 2 saturated carbocycles. The average molecular weight is 463 g/mol. The molecule has 2 aliphatic rings. The van der Waals surface area contributed by atoms with Crippen LogP contribution in [-0.4, -0.2) is 23.9 Å². The first kappa shape index (κ1) is 24.1. The normalized spacial score (nSPS) is 25.7. The van der Waals surface area contributed by atoms with Crippen LogP contribution in [0, 0.1) is 17.5 Å². The van der Waals surface area contributed by atoms with Crippen LogP contribution in [0.5, 0.6) is 5.75 Å². The van der Waals surface area contributed by atoms with Crippen molar-refractivity contribution in [3.05, 3.63) is 64.5 Å². The van der Waals surface area contributed by atoms with Crippen molar-refractivity contribution in [3.63, 3.8) is 0 Å². The van der Waals surface area contributed by atoms with Gasteiger partial charge in [0.25, 0.3) is 0 Å². The maximum Gasteiger partial charge on any atom is 0.162 e. The van der Waals surface area contributed by atoms with Crippen molar-refractivity contribution < 1.29 is 27.8 Å². The van der Waals surface area contributed by atoms with Crippen molar-refractivity contribution in [1.82, 2.24) is 0 Å². The van der Waals surface area contributed by atoms with Gasteiger partial charge in [-0.3, -0.25) is 0 Å². The molecule has 0 radical (unpaired) electrons. The van der Waals surface area contributed by atoms with Crippen LogP contribution >= 0.6 is 0 Å². The largest absolute Gasteiger partial charge is 0.494 e. The molecule has 3 nitrogen and oxygen atoms in total. The lowest BCUT2D eigenvalue weighted by molar-refractivity contribution is 0.0118. The Morgan fingerprint density at radius 3 is 1.94 bits per heavy atom. The summed E-state index contributed by atoms with van der Waals surface area (Å²) < 4.78 is 55.3. The summed E-state index contributed by atoms with van der Waals surface area (Å²) >= 11 is 0. The molecule has 2 aromatic rings. The van der Waals surface area contributed by atoms with Gasteiger partial charge in [-0.1, -0.05) is 18.2 Å². The van der Waals surface area contributed by atoms with Gasteiger partial charge in [0, 0.05) is 11.6 Å². The van der Waals surface area contributed by atoms with E-state index in [-0.39, 0.29) is 36.5 Å². The van der Waals surface area contributed by atoms with E-state index in [0.29, 0.717) is 67.6 Å². The number of benzene rings is 2. The highest BCUT2D eigenvalue weighted by Gasteiger charge is 2.29. The van der Waals surface area contributed by atoms with Crippen molar-refractivity contribution in [2.45, 2.75) is 88.9 Å². The number of hydrogen-bond donors (Lipinski definition) is 1. The van der Waals surface area contributed by atoms with E-state index in [1.165, 1.54) is 6.07 Å². The van der Waals surface area contributed by atoms with Gasteiger partial charge in [-0.15, -0.1) is 0 Å². The topological polar surface area (TPSA) is 38.7 Å². The Labute approximate surface area is 193 Å². The third kappa shape index (κ3) is 5.72. The molecule has 180 valence electrons. The smallest absolute Gasteiger partial charge is 0.162 e. The molecular formula is C27H33F3O3. The van der Waals surface area contributed by atoms with E-state index in [1.807, 2.05) is 6.92 Å². The minimum Gasteiger partial charge on any atom is -0.494 e. The third-order valence-electron chi connectivity index (χ3n) is 7.20. The predicted octanol–water partition coefficient (Wildman–Crippen LogP) is 6.76. The quantitative estimate of drug-likeness (QED) is 0.494. The average Bonchev–Trinajstić information content (AvgIpc) is 2.82. The molecular weight excluding hydrogens is 429 g/mol. The van der Waals surface area contributed by atoms with Crippen molar-refractivity contribution in [2.75, 3.05) is 6.61 Å². The number of hydrogen-bond acceptors (Lipinski definition) is 3. The summed E-state index contributed by atoms with van der Waals surface area (Å²) in [5, 5.41) is 9.68. The second-order valence-corrected chi connectivity index (χ2v) is 9.35. The summed E-state index contributed by atoms with van der Waals surface area (Å²) in [6.07, 6.45) is 5.19. The van der Waals surface area contributed by atoms with Crippen LogP contribution in [0.2, 0.25) is 0 Å². The summed E-state index contributed by atoms with van der Waals surface area (Å²) in [7, 11) is 0. The van der Waals surface area contributed by atoms with Crippen molar-refractivity contribution in [1.29, 1.82) is 0 Å². The number of ether oxygens (including phenoxy) is 2. The lowest BCUT2D eigenvalue weighted by Crippen LogP contribution is -2.22. The Balaban J connectivity index is 1.32. The molecule has 6 heteroatoms. The van der Waals surface area contributed by atoms with Gasteiger partial charge >= 0.3 is 0 Å². The number of aliphatic hydroxyl groups excluding tert-OH is 1. The zero-order chi connectivity index (χ0) is 23.4. The summed E-state index contributed by atoms with van der Waals surface area (Å²) in [6, 6.07) is 8.28. The summed E-state index contributed by atoms with van der Waals surface area (Å²) in [5.74, 6) is -1.36. The van der Waals surface area contributed by atoms with Crippen LogP contribution < -0.4 is 4.74 Å². The van der Waals surface area contributed by atoms with Gasteiger partial charge in [-0.05, 0) is 87.3 Å². The van der Waals surface area contributed by atoms with Gasteiger partial charge < -0.3 is 14.6 Å². The zero-order valence-corrected chi connectivity index (χ0v) is 19.2. The van der Waals surface area contributed by atoms with E-state index in [4.69, 9.17) is 9.47 Å². The van der Waals surface area contributed by atoms with Gasteiger partial charge in [-0.25, -0.2) is 13.2 Å². The van der Waals surface area contributed by atoms with Crippen LogP contribution in [0.1, 0.15) is 86.8 Å². The fourth-order valence-corrected chi connectivity index (χ4v) is 5.25. The second-order valence-electron chi connectivity index (χ2n) is 9.35. The minimum atomic E-state index is -0.724. The standard InChI is InChI=1S/C27H33F3O3/c1-2-32-22-12-7-19(25(28)15-22)16-33-21-10-5-18(6-11-21)24-14-13-23(26(29)27(24)30)17-3-8-20(31)9-4-17/h7,12-15,17-18,20-21,31H,2-6,8-11,16H2,1H3. The van der Waals surface area contributed by atoms with Crippen LogP contribution in [0.15, 0.2) is 30.3 Å². The van der Waals surface area contributed by atoms with Crippen molar-refractivity contribution in [2.24, 2.45) is 0 Å². The molecule has 33 heavy (non-hydrogen) atoms. The van der Waals surface area contributed by atoms with Crippen LogP contribution in [0.25, 0.3) is 0 Å². The van der Waals surface area contributed by atoms with Crippen LogP contribution in [0.4, 0.5) is 13.2 Å². The monoisotopic (exact) mass is 462 g/mol. The Morgan fingerprint density at radius 2 is 1.39 bits per heavy atom. The summed E-state index contributed by atoms with van der Waals surface area (Å²) in [4.78, 5) is 0. The molecule has 2 aromatic carbocycles. The predicted molar refractivity (Wildman–Crippen MR) is 121 cm³/mol.